The van der Waals surface area contributed by atoms with Gasteiger partial charge in [0.1, 0.15) is 22.9 Å². The molecule has 30 heavy (non-hydrogen) atoms. The van der Waals surface area contributed by atoms with Crippen LogP contribution in [0.3, 0.4) is 0 Å². The van der Waals surface area contributed by atoms with Crippen molar-refractivity contribution in [3.63, 3.8) is 0 Å². The maximum absolute atomic E-state index is 12.7. The number of aromatic nitrogens is 1. The molecule has 1 unspecified atom stereocenters. The van der Waals surface area contributed by atoms with E-state index in [2.05, 4.69) is 10.3 Å². The van der Waals surface area contributed by atoms with Crippen LogP contribution in [0.4, 0.5) is 5.69 Å². The Morgan fingerprint density at radius 3 is 2.73 bits per heavy atom. The average molecular weight is 452 g/mol. The van der Waals surface area contributed by atoms with Crippen LogP contribution >= 0.6 is 11.8 Å². The van der Waals surface area contributed by atoms with Gasteiger partial charge in [-0.3, -0.25) is 4.79 Å². The SMILES string of the molecule is O=C(Nc1ccc(OCC2CCCO2)cc1)c1cc(S(=O)(=O)N2CCSCC2)c[nH]1. The summed E-state index contributed by atoms with van der Waals surface area (Å²) in [4.78, 5) is 15.4. The van der Waals surface area contributed by atoms with Gasteiger partial charge in [0.05, 0.1) is 6.10 Å². The Hall–Kier alpha value is -2.01. The average Bonchev–Trinajstić information content (AvgIpc) is 3.46. The first-order valence-corrected chi connectivity index (χ1v) is 12.5. The van der Waals surface area contributed by atoms with Crippen LogP contribution in [0.2, 0.25) is 0 Å². The van der Waals surface area contributed by atoms with Crippen molar-refractivity contribution in [2.24, 2.45) is 0 Å². The molecule has 1 aromatic heterocycles. The summed E-state index contributed by atoms with van der Waals surface area (Å²) >= 11 is 1.74. The first-order chi connectivity index (χ1) is 14.5. The lowest BCUT2D eigenvalue weighted by atomic mass is 10.2. The van der Waals surface area contributed by atoms with Gasteiger partial charge < -0.3 is 19.8 Å². The van der Waals surface area contributed by atoms with Crippen LogP contribution < -0.4 is 10.1 Å². The predicted octanol–water partition coefficient (Wildman–Crippen LogP) is 2.56. The number of H-pyrrole nitrogens is 1. The molecule has 2 aliphatic rings. The summed E-state index contributed by atoms with van der Waals surface area (Å²) in [6.45, 7) is 2.28. The molecule has 162 valence electrons. The van der Waals surface area contributed by atoms with Crippen LogP contribution in [0.25, 0.3) is 0 Å². The number of anilines is 1. The molecule has 8 nitrogen and oxygen atoms in total. The van der Waals surface area contributed by atoms with Gasteiger partial charge in [0.25, 0.3) is 5.91 Å². The fourth-order valence-electron chi connectivity index (χ4n) is 3.39. The monoisotopic (exact) mass is 451 g/mol. The van der Waals surface area contributed by atoms with Gasteiger partial charge in [-0.2, -0.15) is 16.1 Å². The van der Waals surface area contributed by atoms with Crippen LogP contribution in [0.15, 0.2) is 41.4 Å². The van der Waals surface area contributed by atoms with Gasteiger partial charge >= 0.3 is 0 Å². The third-order valence-electron chi connectivity index (χ3n) is 5.08. The summed E-state index contributed by atoms with van der Waals surface area (Å²) in [5, 5.41) is 2.76. The molecular weight excluding hydrogens is 426 g/mol. The highest BCUT2D eigenvalue weighted by molar-refractivity contribution is 7.99. The Balaban J connectivity index is 1.34. The van der Waals surface area contributed by atoms with Crippen LogP contribution in [-0.4, -0.2) is 67.5 Å². The number of thioether (sulfide) groups is 1. The number of sulfonamides is 1. The van der Waals surface area contributed by atoms with Crippen molar-refractivity contribution in [1.29, 1.82) is 0 Å². The molecule has 10 heteroatoms. The highest BCUT2D eigenvalue weighted by Gasteiger charge is 2.27. The Morgan fingerprint density at radius 1 is 1.27 bits per heavy atom. The largest absolute Gasteiger partial charge is 0.491 e. The molecule has 0 spiro atoms. The number of ether oxygens (including phenoxy) is 2. The molecule has 2 fully saturated rings. The Bertz CT molecular complexity index is 963. The molecule has 2 saturated heterocycles. The van der Waals surface area contributed by atoms with Crippen molar-refractivity contribution >= 4 is 33.4 Å². The van der Waals surface area contributed by atoms with Gasteiger partial charge in [0.2, 0.25) is 10.0 Å². The maximum Gasteiger partial charge on any atom is 0.272 e. The van der Waals surface area contributed by atoms with Crippen LogP contribution in [0.5, 0.6) is 5.75 Å². The molecule has 0 aliphatic carbocycles. The second kappa shape index (κ2) is 9.42. The second-order valence-corrected chi connectivity index (χ2v) is 10.4. The van der Waals surface area contributed by atoms with Gasteiger partial charge in [-0.05, 0) is 43.2 Å². The van der Waals surface area contributed by atoms with E-state index in [-0.39, 0.29) is 16.7 Å². The smallest absolute Gasteiger partial charge is 0.272 e. The number of benzene rings is 1. The number of hydrogen-bond acceptors (Lipinski definition) is 6. The third-order valence-corrected chi connectivity index (χ3v) is 7.90. The summed E-state index contributed by atoms with van der Waals surface area (Å²) in [6, 6.07) is 8.43. The summed E-state index contributed by atoms with van der Waals surface area (Å²) < 4.78 is 38.1. The molecule has 2 aliphatic heterocycles. The van der Waals surface area contributed by atoms with Crippen LogP contribution in [-0.2, 0) is 14.8 Å². The van der Waals surface area contributed by atoms with Crippen LogP contribution in [0, 0.1) is 0 Å². The number of carbonyl (C=O) groups excluding carboxylic acids is 1. The molecule has 1 amide bonds. The van der Waals surface area contributed by atoms with Gasteiger partial charge in [0.15, 0.2) is 0 Å². The third kappa shape index (κ3) is 5.00. The molecule has 0 radical (unpaired) electrons. The fraction of sp³-hybridized carbons (Fsp3) is 0.450. The Kier molecular flexibility index (Phi) is 6.67. The topological polar surface area (TPSA) is 101 Å². The number of nitrogens with zero attached hydrogens (tertiary/aromatic N) is 1. The minimum Gasteiger partial charge on any atom is -0.491 e. The highest BCUT2D eigenvalue weighted by Crippen LogP contribution is 2.22. The minimum absolute atomic E-state index is 0.109. The zero-order valence-corrected chi connectivity index (χ0v) is 18.1. The lowest BCUT2D eigenvalue weighted by Crippen LogP contribution is -2.37. The van der Waals surface area contributed by atoms with E-state index in [9.17, 15) is 13.2 Å². The molecule has 1 atom stereocenters. The lowest BCUT2D eigenvalue weighted by Gasteiger charge is -2.24. The lowest BCUT2D eigenvalue weighted by molar-refractivity contribution is 0.0679. The van der Waals surface area contributed by atoms with E-state index in [1.165, 1.54) is 16.6 Å². The van der Waals surface area contributed by atoms with Gasteiger partial charge in [0, 0.05) is 43.1 Å². The van der Waals surface area contributed by atoms with Crippen LogP contribution in [0.1, 0.15) is 23.3 Å². The molecule has 2 aromatic rings. The first kappa shape index (κ1) is 21.2. The molecular formula is C20H25N3O5S2. The molecule has 0 saturated carbocycles. The maximum atomic E-state index is 12.7. The van der Waals surface area contributed by atoms with Crippen molar-refractivity contribution in [3.8, 4) is 5.75 Å². The Morgan fingerprint density at radius 2 is 2.03 bits per heavy atom. The van der Waals surface area contributed by atoms with Gasteiger partial charge in [-0.1, -0.05) is 0 Å². The number of hydrogen-bond donors (Lipinski definition) is 2. The molecule has 1 aromatic carbocycles. The molecule has 2 N–H and O–H groups in total. The zero-order chi connectivity index (χ0) is 21.0. The van der Waals surface area contributed by atoms with Gasteiger partial charge in [-0.25, -0.2) is 8.42 Å². The van der Waals surface area contributed by atoms with Crippen molar-refractivity contribution in [3.05, 3.63) is 42.2 Å². The number of amides is 1. The highest BCUT2D eigenvalue weighted by atomic mass is 32.2. The molecule has 3 heterocycles. The van der Waals surface area contributed by atoms with E-state index < -0.39 is 15.9 Å². The van der Waals surface area contributed by atoms with Crippen molar-refractivity contribution in [1.82, 2.24) is 9.29 Å². The Labute approximate surface area is 180 Å². The summed E-state index contributed by atoms with van der Waals surface area (Å²) in [6.07, 6.45) is 3.59. The zero-order valence-electron chi connectivity index (χ0n) is 16.5. The summed E-state index contributed by atoms with van der Waals surface area (Å²) in [7, 11) is -3.58. The predicted molar refractivity (Wildman–Crippen MR) is 116 cm³/mol. The van der Waals surface area contributed by atoms with E-state index in [1.807, 2.05) is 0 Å². The molecule has 0 bridgehead atoms. The van der Waals surface area contributed by atoms with Crippen molar-refractivity contribution < 1.29 is 22.7 Å². The number of rotatable bonds is 7. The van der Waals surface area contributed by atoms with E-state index in [1.54, 1.807) is 36.0 Å². The van der Waals surface area contributed by atoms with Gasteiger partial charge in [-0.15, -0.1) is 0 Å². The first-order valence-electron chi connectivity index (χ1n) is 9.94. The summed E-state index contributed by atoms with van der Waals surface area (Å²) in [5.41, 5.74) is 0.787. The quantitative estimate of drug-likeness (QED) is 0.671. The number of carbonyl (C=O) groups is 1. The fourth-order valence-corrected chi connectivity index (χ4v) is 5.96. The number of aromatic amines is 1. The van der Waals surface area contributed by atoms with E-state index in [0.29, 0.717) is 31.1 Å². The summed E-state index contributed by atoms with van der Waals surface area (Å²) in [5.74, 6) is 1.87. The van der Waals surface area contributed by atoms with E-state index >= 15 is 0 Å². The standard InChI is InChI=1S/C20H25N3O5S2/c24-20(19-12-18(13-21-19)30(25,26)23-7-10-29-11-8-23)22-15-3-5-16(6-4-15)28-14-17-2-1-9-27-17/h3-6,12-13,17,21H,1-2,7-11,14H2,(H,22,24). The van der Waals surface area contributed by atoms with E-state index in [4.69, 9.17) is 9.47 Å². The van der Waals surface area contributed by atoms with Crippen molar-refractivity contribution in [2.75, 3.05) is 43.1 Å². The van der Waals surface area contributed by atoms with Crippen molar-refractivity contribution in [2.45, 2.75) is 23.8 Å². The minimum atomic E-state index is -3.58. The second-order valence-electron chi connectivity index (χ2n) is 7.19. The normalized spacial score (nSPS) is 20.2. The number of nitrogens with one attached hydrogen (secondary N) is 2. The molecule has 4 rings (SSSR count). The van der Waals surface area contributed by atoms with E-state index in [0.717, 1.165) is 31.0 Å².